The van der Waals surface area contributed by atoms with Crippen LogP contribution in [0.4, 0.5) is 0 Å². The second-order valence-corrected chi connectivity index (χ2v) is 8.85. The molecule has 0 aromatic carbocycles. The number of rotatable bonds is 11. The van der Waals surface area contributed by atoms with E-state index >= 15 is 0 Å². The van der Waals surface area contributed by atoms with Gasteiger partial charge in [-0.2, -0.15) is 0 Å². The molecule has 2 aliphatic carbocycles. The molecule has 0 N–H and O–H groups in total. The summed E-state index contributed by atoms with van der Waals surface area (Å²) in [7, 11) is 0. The van der Waals surface area contributed by atoms with Gasteiger partial charge < -0.3 is 4.74 Å². The van der Waals surface area contributed by atoms with Gasteiger partial charge in [0.25, 0.3) is 0 Å². The fourth-order valence-corrected chi connectivity index (χ4v) is 4.99. The van der Waals surface area contributed by atoms with Crippen LogP contribution in [0.2, 0.25) is 0 Å². The van der Waals surface area contributed by atoms with Gasteiger partial charge in [-0.15, -0.1) is 0 Å². The van der Waals surface area contributed by atoms with Gasteiger partial charge in [-0.1, -0.05) is 78.1 Å². The highest BCUT2D eigenvalue weighted by Crippen LogP contribution is 2.34. The van der Waals surface area contributed by atoms with Crippen molar-refractivity contribution in [3.8, 4) is 0 Å². The van der Waals surface area contributed by atoms with Gasteiger partial charge in [-0.25, -0.2) is 0 Å². The van der Waals surface area contributed by atoms with Crippen LogP contribution in [0.1, 0.15) is 117 Å². The van der Waals surface area contributed by atoms with Crippen LogP contribution < -0.4 is 0 Å². The summed E-state index contributed by atoms with van der Waals surface area (Å²) in [5.41, 5.74) is 0. The Hall–Kier alpha value is -0.0400. The van der Waals surface area contributed by atoms with Crippen molar-refractivity contribution in [2.45, 2.75) is 123 Å². The van der Waals surface area contributed by atoms with E-state index in [1.807, 2.05) is 0 Å². The maximum absolute atomic E-state index is 6.31. The van der Waals surface area contributed by atoms with E-state index < -0.39 is 0 Å². The van der Waals surface area contributed by atoms with Gasteiger partial charge in [0.15, 0.2) is 0 Å². The summed E-state index contributed by atoms with van der Waals surface area (Å²) >= 11 is 0. The largest absolute Gasteiger partial charge is 0.378 e. The lowest BCUT2D eigenvalue weighted by atomic mass is 9.80. The van der Waals surface area contributed by atoms with Gasteiger partial charge in [0.05, 0.1) is 6.10 Å². The minimum absolute atomic E-state index is 0.592. The molecular weight excluding hydrogens is 292 g/mol. The maximum Gasteiger partial charge on any atom is 0.0575 e. The Kier molecular flexibility index (Phi) is 10.4. The molecule has 0 spiro atoms. The molecule has 0 heterocycles. The molecule has 2 saturated carbocycles. The SMILES string of the molecule is CCCCCCC[C@H]1CC[C@H](CO[C@H]2CC[C@H](CCC)CC2)CC1. The van der Waals surface area contributed by atoms with Crippen LogP contribution in [0.25, 0.3) is 0 Å². The van der Waals surface area contributed by atoms with Crippen molar-refractivity contribution in [3.63, 3.8) is 0 Å². The van der Waals surface area contributed by atoms with Crippen molar-refractivity contribution in [2.24, 2.45) is 17.8 Å². The van der Waals surface area contributed by atoms with Crippen LogP contribution in [0.3, 0.4) is 0 Å². The van der Waals surface area contributed by atoms with Gasteiger partial charge >= 0.3 is 0 Å². The van der Waals surface area contributed by atoms with Crippen molar-refractivity contribution < 1.29 is 4.74 Å². The smallest absolute Gasteiger partial charge is 0.0575 e. The van der Waals surface area contributed by atoms with E-state index in [0.29, 0.717) is 6.10 Å². The molecule has 0 bridgehead atoms. The van der Waals surface area contributed by atoms with E-state index in [2.05, 4.69) is 13.8 Å². The predicted octanol–water partition coefficient (Wildman–Crippen LogP) is 7.53. The molecule has 0 radical (unpaired) electrons. The van der Waals surface area contributed by atoms with Crippen molar-refractivity contribution in [3.05, 3.63) is 0 Å². The van der Waals surface area contributed by atoms with E-state index in [0.717, 1.165) is 24.4 Å². The molecule has 2 fully saturated rings. The minimum Gasteiger partial charge on any atom is -0.378 e. The summed E-state index contributed by atoms with van der Waals surface area (Å²) in [6, 6.07) is 0. The van der Waals surface area contributed by atoms with Crippen molar-refractivity contribution in [1.29, 1.82) is 0 Å². The first-order chi connectivity index (χ1) is 11.8. The van der Waals surface area contributed by atoms with Gasteiger partial charge in [-0.05, 0) is 56.3 Å². The number of unbranched alkanes of at least 4 members (excludes halogenated alkanes) is 4. The molecule has 0 atom stereocenters. The number of hydrogen-bond donors (Lipinski definition) is 0. The summed E-state index contributed by atoms with van der Waals surface area (Å²) in [6.45, 7) is 5.69. The van der Waals surface area contributed by atoms with Crippen molar-refractivity contribution >= 4 is 0 Å². The van der Waals surface area contributed by atoms with E-state index in [1.54, 1.807) is 0 Å². The molecule has 0 aliphatic heterocycles. The number of hydrogen-bond acceptors (Lipinski definition) is 1. The third-order valence-electron chi connectivity index (χ3n) is 6.74. The fourth-order valence-electron chi connectivity index (χ4n) is 4.99. The second kappa shape index (κ2) is 12.3. The Morgan fingerprint density at radius 3 is 1.83 bits per heavy atom. The van der Waals surface area contributed by atoms with Crippen LogP contribution in [0.5, 0.6) is 0 Å². The Bertz CT molecular complexity index is 284. The van der Waals surface area contributed by atoms with Crippen LogP contribution in [-0.2, 0) is 4.74 Å². The quantitative estimate of drug-likeness (QED) is 0.354. The van der Waals surface area contributed by atoms with E-state index in [1.165, 1.54) is 103 Å². The third kappa shape index (κ3) is 7.89. The zero-order valence-corrected chi connectivity index (χ0v) is 16.7. The zero-order chi connectivity index (χ0) is 17.0. The summed E-state index contributed by atoms with van der Waals surface area (Å²) in [4.78, 5) is 0. The Labute approximate surface area is 152 Å². The first-order valence-corrected chi connectivity index (χ1v) is 11.4. The predicted molar refractivity (Wildman–Crippen MR) is 105 cm³/mol. The normalized spacial score (nSPS) is 31.2. The molecule has 1 heteroatoms. The molecule has 2 rings (SSSR count). The molecule has 0 saturated heterocycles. The molecule has 142 valence electrons. The summed E-state index contributed by atoms with van der Waals surface area (Å²) in [5, 5.41) is 0. The summed E-state index contributed by atoms with van der Waals surface area (Å²) in [6.07, 6.45) is 23.4. The molecule has 0 aromatic heterocycles. The van der Waals surface area contributed by atoms with Crippen LogP contribution in [0.15, 0.2) is 0 Å². The molecular formula is C23H44O. The molecule has 1 nitrogen and oxygen atoms in total. The molecule has 0 aromatic rings. The molecule has 24 heavy (non-hydrogen) atoms. The highest BCUT2D eigenvalue weighted by Gasteiger charge is 2.24. The number of ether oxygens (including phenoxy) is 1. The highest BCUT2D eigenvalue weighted by molar-refractivity contribution is 4.75. The van der Waals surface area contributed by atoms with Gasteiger partial charge in [0.1, 0.15) is 0 Å². The fraction of sp³-hybridized carbons (Fsp3) is 1.00. The lowest BCUT2D eigenvalue weighted by Crippen LogP contribution is -2.26. The monoisotopic (exact) mass is 336 g/mol. The van der Waals surface area contributed by atoms with Crippen LogP contribution >= 0.6 is 0 Å². The van der Waals surface area contributed by atoms with Crippen molar-refractivity contribution in [2.75, 3.05) is 6.61 Å². The van der Waals surface area contributed by atoms with Crippen molar-refractivity contribution in [1.82, 2.24) is 0 Å². The van der Waals surface area contributed by atoms with Gasteiger partial charge in [0, 0.05) is 6.61 Å². The average Bonchev–Trinajstić information content (AvgIpc) is 2.62. The topological polar surface area (TPSA) is 9.23 Å². The van der Waals surface area contributed by atoms with Crippen LogP contribution in [0, 0.1) is 17.8 Å². The van der Waals surface area contributed by atoms with Gasteiger partial charge in [-0.3, -0.25) is 0 Å². The Balaban J connectivity index is 1.48. The summed E-state index contributed by atoms with van der Waals surface area (Å²) < 4.78 is 6.31. The highest BCUT2D eigenvalue weighted by atomic mass is 16.5. The lowest BCUT2D eigenvalue weighted by Gasteiger charge is -2.32. The second-order valence-electron chi connectivity index (χ2n) is 8.85. The summed E-state index contributed by atoms with van der Waals surface area (Å²) in [5.74, 6) is 2.91. The maximum atomic E-state index is 6.31. The lowest BCUT2D eigenvalue weighted by molar-refractivity contribution is -0.0103. The Morgan fingerprint density at radius 2 is 1.17 bits per heavy atom. The van der Waals surface area contributed by atoms with E-state index in [4.69, 9.17) is 4.74 Å². The first kappa shape index (κ1) is 20.3. The van der Waals surface area contributed by atoms with Gasteiger partial charge in [0.2, 0.25) is 0 Å². The third-order valence-corrected chi connectivity index (χ3v) is 6.74. The van der Waals surface area contributed by atoms with E-state index in [-0.39, 0.29) is 0 Å². The Morgan fingerprint density at radius 1 is 0.583 bits per heavy atom. The standard InChI is InChI=1S/C23H44O/c1-3-5-6-7-8-10-21-11-13-22(14-12-21)19-24-23-17-15-20(9-4-2)16-18-23/h20-23H,3-19H2,1-2H3/t20-,21-,22-,23-. The first-order valence-electron chi connectivity index (χ1n) is 11.4. The van der Waals surface area contributed by atoms with E-state index in [9.17, 15) is 0 Å². The molecule has 0 amide bonds. The zero-order valence-electron chi connectivity index (χ0n) is 16.7. The minimum atomic E-state index is 0.592. The molecule has 2 aliphatic rings. The molecule has 0 unspecified atom stereocenters. The average molecular weight is 337 g/mol. The van der Waals surface area contributed by atoms with Crippen LogP contribution in [-0.4, -0.2) is 12.7 Å².